The van der Waals surface area contributed by atoms with Crippen molar-refractivity contribution in [3.05, 3.63) is 79.0 Å². The molecule has 0 aliphatic carbocycles. The zero-order valence-electron chi connectivity index (χ0n) is 13.0. The van der Waals surface area contributed by atoms with E-state index in [1.165, 1.54) is 22.7 Å². The molecule has 6 heteroatoms. The predicted molar refractivity (Wildman–Crippen MR) is 115 cm³/mol. The summed E-state index contributed by atoms with van der Waals surface area (Å²) >= 11 is 15.1. The molecule has 0 N–H and O–H groups in total. The second kappa shape index (κ2) is 5.76. The number of hydrogen-bond donors (Lipinski definition) is 0. The first-order valence-corrected chi connectivity index (χ1v) is 10.1. The highest BCUT2D eigenvalue weighted by Gasteiger charge is 2.12. The fourth-order valence-corrected chi connectivity index (χ4v) is 5.64. The molecule has 2 nitrogen and oxygen atoms in total. The average Bonchev–Trinajstić information content (AvgIpc) is 2.63. The van der Waals surface area contributed by atoms with E-state index in [1.54, 1.807) is 24.3 Å². The molecular formula is C20H8Cl2O2S2. The van der Waals surface area contributed by atoms with Gasteiger partial charge in [-0.1, -0.05) is 23.2 Å². The van der Waals surface area contributed by atoms with Crippen LogP contribution in [0, 0.1) is 0 Å². The molecule has 0 atom stereocenters. The molecule has 0 aliphatic rings. The molecule has 126 valence electrons. The predicted octanol–water partition coefficient (Wildman–Crippen LogP) is 6.45. The maximum Gasteiger partial charge on any atom is 0.195 e. The van der Waals surface area contributed by atoms with Gasteiger partial charge in [0, 0.05) is 50.4 Å². The highest BCUT2D eigenvalue weighted by Crippen LogP contribution is 2.32. The molecule has 0 saturated heterocycles. The Morgan fingerprint density at radius 3 is 1.35 bits per heavy atom. The number of halogens is 2. The van der Waals surface area contributed by atoms with Crippen LogP contribution in [0.2, 0.25) is 10.0 Å². The summed E-state index contributed by atoms with van der Waals surface area (Å²) in [5.41, 5.74) is -0.122. The molecule has 0 spiro atoms. The van der Waals surface area contributed by atoms with Crippen LogP contribution in [-0.4, -0.2) is 0 Å². The van der Waals surface area contributed by atoms with E-state index in [0.717, 1.165) is 18.8 Å². The summed E-state index contributed by atoms with van der Waals surface area (Å²) in [6.45, 7) is 0. The molecule has 5 aromatic rings. The largest absolute Gasteiger partial charge is 0.289 e. The van der Waals surface area contributed by atoms with Gasteiger partial charge in [0.1, 0.15) is 0 Å². The van der Waals surface area contributed by atoms with Gasteiger partial charge >= 0.3 is 0 Å². The lowest BCUT2D eigenvalue weighted by Crippen LogP contribution is -2.04. The van der Waals surface area contributed by atoms with Gasteiger partial charge in [-0.15, -0.1) is 22.7 Å². The summed E-state index contributed by atoms with van der Waals surface area (Å²) in [7, 11) is 0. The highest BCUT2D eigenvalue weighted by molar-refractivity contribution is 7.26. The van der Waals surface area contributed by atoms with E-state index in [4.69, 9.17) is 23.2 Å². The second-order valence-corrected chi connectivity index (χ2v) is 9.03. The van der Waals surface area contributed by atoms with Gasteiger partial charge < -0.3 is 0 Å². The summed E-state index contributed by atoms with van der Waals surface area (Å²) in [6, 6.07) is 14.3. The average molecular weight is 415 g/mol. The van der Waals surface area contributed by atoms with Crippen LogP contribution >= 0.6 is 45.9 Å². The smallest absolute Gasteiger partial charge is 0.195 e. The summed E-state index contributed by atoms with van der Waals surface area (Å²) < 4.78 is 3.29. The van der Waals surface area contributed by atoms with E-state index >= 15 is 0 Å². The van der Waals surface area contributed by atoms with Crippen LogP contribution in [0.4, 0.5) is 0 Å². The van der Waals surface area contributed by atoms with Crippen LogP contribution < -0.4 is 10.9 Å². The minimum absolute atomic E-state index is 0.0611. The van der Waals surface area contributed by atoms with Gasteiger partial charge in [-0.05, 0) is 48.5 Å². The van der Waals surface area contributed by atoms with Crippen molar-refractivity contribution < 1.29 is 0 Å². The van der Waals surface area contributed by atoms with Crippen LogP contribution in [0.15, 0.2) is 58.1 Å². The Bertz CT molecular complexity index is 1380. The molecule has 0 unspecified atom stereocenters. The minimum Gasteiger partial charge on any atom is -0.289 e. The Kier molecular flexibility index (Phi) is 3.59. The standard InChI is InChI=1S/C20H8Cl2O2S2/c21-9-1-3-15-11(5-9)19(23)13-8-18-14(7-17(13)25-15)20(24)12-6-10(22)2-4-16(12)26-18/h1-8H. The van der Waals surface area contributed by atoms with E-state index in [1.807, 2.05) is 24.3 Å². The lowest BCUT2D eigenvalue weighted by atomic mass is 10.1. The van der Waals surface area contributed by atoms with Crippen LogP contribution in [0.5, 0.6) is 0 Å². The number of hydrogen-bond acceptors (Lipinski definition) is 4. The molecule has 26 heavy (non-hydrogen) atoms. The molecule has 3 aromatic carbocycles. The van der Waals surface area contributed by atoms with Crippen molar-refractivity contribution in [3.8, 4) is 0 Å². The molecule has 5 rings (SSSR count). The third-order valence-electron chi connectivity index (χ3n) is 4.38. The second-order valence-electron chi connectivity index (χ2n) is 5.99. The molecule has 0 fully saturated rings. The zero-order chi connectivity index (χ0) is 18.0. The minimum atomic E-state index is -0.0611. The van der Waals surface area contributed by atoms with Crippen LogP contribution in [0.25, 0.3) is 40.3 Å². The van der Waals surface area contributed by atoms with Gasteiger partial charge in [0.05, 0.1) is 0 Å². The fraction of sp³-hybridized carbons (Fsp3) is 0. The van der Waals surface area contributed by atoms with Gasteiger partial charge in [-0.3, -0.25) is 9.59 Å². The quantitative estimate of drug-likeness (QED) is 0.273. The van der Waals surface area contributed by atoms with Crippen molar-refractivity contribution in [2.45, 2.75) is 0 Å². The van der Waals surface area contributed by atoms with Crippen LogP contribution in [0.3, 0.4) is 0 Å². The van der Waals surface area contributed by atoms with Gasteiger partial charge in [0.15, 0.2) is 10.9 Å². The molecule has 2 aromatic heterocycles. The van der Waals surface area contributed by atoms with Gasteiger partial charge in [-0.25, -0.2) is 0 Å². The van der Waals surface area contributed by atoms with Gasteiger partial charge in [0.25, 0.3) is 0 Å². The van der Waals surface area contributed by atoms with Crippen molar-refractivity contribution in [2.75, 3.05) is 0 Å². The number of benzene rings is 3. The first-order valence-electron chi connectivity index (χ1n) is 7.73. The lowest BCUT2D eigenvalue weighted by Gasteiger charge is -2.05. The van der Waals surface area contributed by atoms with E-state index in [0.29, 0.717) is 31.6 Å². The molecule has 0 saturated carbocycles. The van der Waals surface area contributed by atoms with Gasteiger partial charge in [-0.2, -0.15) is 0 Å². The zero-order valence-corrected chi connectivity index (χ0v) is 16.2. The summed E-state index contributed by atoms with van der Waals surface area (Å²) in [5, 5.41) is 3.51. The summed E-state index contributed by atoms with van der Waals surface area (Å²) in [4.78, 5) is 25.9. The molecular weight excluding hydrogens is 407 g/mol. The first kappa shape index (κ1) is 16.2. The van der Waals surface area contributed by atoms with Crippen LogP contribution in [-0.2, 0) is 0 Å². The van der Waals surface area contributed by atoms with Gasteiger partial charge in [0.2, 0.25) is 0 Å². The van der Waals surface area contributed by atoms with Crippen molar-refractivity contribution in [3.63, 3.8) is 0 Å². The van der Waals surface area contributed by atoms with Crippen molar-refractivity contribution in [1.29, 1.82) is 0 Å². The van der Waals surface area contributed by atoms with Crippen molar-refractivity contribution >= 4 is 86.2 Å². The normalized spacial score (nSPS) is 11.8. The Hall–Kier alpha value is -1.98. The Balaban J connectivity index is 2.00. The van der Waals surface area contributed by atoms with Crippen molar-refractivity contribution in [2.24, 2.45) is 0 Å². The highest BCUT2D eigenvalue weighted by atomic mass is 35.5. The Morgan fingerprint density at radius 1 is 0.538 bits per heavy atom. The Labute approximate surface area is 164 Å². The molecule has 2 heterocycles. The Morgan fingerprint density at radius 2 is 0.923 bits per heavy atom. The summed E-state index contributed by atoms with van der Waals surface area (Å²) in [6.07, 6.45) is 0. The summed E-state index contributed by atoms with van der Waals surface area (Å²) in [5.74, 6) is 0. The van der Waals surface area contributed by atoms with Crippen molar-refractivity contribution in [1.82, 2.24) is 0 Å². The topological polar surface area (TPSA) is 34.1 Å². The molecule has 0 radical (unpaired) electrons. The first-order chi connectivity index (χ1) is 12.5. The van der Waals surface area contributed by atoms with E-state index in [9.17, 15) is 9.59 Å². The van der Waals surface area contributed by atoms with E-state index in [-0.39, 0.29) is 10.9 Å². The lowest BCUT2D eigenvalue weighted by molar-refractivity contribution is 1.75. The number of fused-ring (bicyclic) bond motifs is 4. The van der Waals surface area contributed by atoms with E-state index < -0.39 is 0 Å². The third-order valence-corrected chi connectivity index (χ3v) is 7.12. The third kappa shape index (κ3) is 2.37. The van der Waals surface area contributed by atoms with E-state index in [2.05, 4.69) is 0 Å². The fourth-order valence-electron chi connectivity index (χ4n) is 3.15. The van der Waals surface area contributed by atoms with Crippen LogP contribution in [0.1, 0.15) is 0 Å². The maximum absolute atomic E-state index is 12.9. The molecule has 0 bridgehead atoms. The molecule has 0 aliphatic heterocycles. The molecule has 0 amide bonds. The number of rotatable bonds is 0. The SMILES string of the molecule is O=c1c2cc(Cl)ccc2sc2cc3c(=O)c4cc(Cl)ccc4sc3cc12. The maximum atomic E-state index is 12.9. The monoisotopic (exact) mass is 414 g/mol.